The Morgan fingerprint density at radius 3 is 2.56 bits per heavy atom. The zero-order valence-electron chi connectivity index (χ0n) is 15.7. The second-order valence-electron chi connectivity index (χ2n) is 8.24. The molecule has 1 saturated heterocycles. The van der Waals surface area contributed by atoms with Crippen LogP contribution in [0.15, 0.2) is 24.3 Å². The number of hydrogen-bond donors (Lipinski definition) is 1. The van der Waals surface area contributed by atoms with E-state index in [1.165, 1.54) is 12.1 Å². The number of halogens is 1. The molecule has 0 unspecified atom stereocenters. The van der Waals surface area contributed by atoms with E-state index in [4.69, 9.17) is 4.43 Å². The van der Waals surface area contributed by atoms with Crippen molar-refractivity contribution in [3.63, 3.8) is 0 Å². The third kappa shape index (κ3) is 4.76. The molecule has 0 aliphatic carbocycles. The van der Waals surface area contributed by atoms with Crippen LogP contribution in [0.4, 0.5) is 4.39 Å². The molecule has 4 nitrogen and oxygen atoms in total. The van der Waals surface area contributed by atoms with Gasteiger partial charge in [-0.3, -0.25) is 9.59 Å². The van der Waals surface area contributed by atoms with E-state index in [9.17, 15) is 14.0 Å². The van der Waals surface area contributed by atoms with Crippen LogP contribution in [-0.4, -0.2) is 32.2 Å². The van der Waals surface area contributed by atoms with Crippen molar-refractivity contribution in [2.75, 3.05) is 0 Å². The molecule has 0 saturated carbocycles. The number of ketones is 1. The smallest absolute Gasteiger partial charge is 0.220 e. The van der Waals surface area contributed by atoms with Crippen LogP contribution in [-0.2, 0) is 9.22 Å². The van der Waals surface area contributed by atoms with Crippen molar-refractivity contribution >= 4 is 20.0 Å². The van der Waals surface area contributed by atoms with E-state index in [2.05, 4.69) is 39.2 Å². The SMILES string of the molecule is CC(C)(C)[Si](C)(C)O[C@@H]1CCC(=O)N[C@H]1CC(=O)c1ccccc1F. The Kier molecular flexibility index (Phi) is 5.84. The van der Waals surface area contributed by atoms with E-state index in [1.807, 2.05) is 0 Å². The number of amides is 1. The van der Waals surface area contributed by atoms with Crippen LogP contribution in [0.25, 0.3) is 0 Å². The summed E-state index contributed by atoms with van der Waals surface area (Å²) in [5.41, 5.74) is 0.0633. The monoisotopic (exact) mass is 365 g/mol. The number of rotatable bonds is 5. The number of benzene rings is 1. The molecule has 138 valence electrons. The van der Waals surface area contributed by atoms with Crippen molar-refractivity contribution in [3.8, 4) is 0 Å². The van der Waals surface area contributed by atoms with Crippen LogP contribution >= 0.6 is 0 Å². The van der Waals surface area contributed by atoms with Crippen molar-refractivity contribution in [3.05, 3.63) is 35.6 Å². The average molecular weight is 366 g/mol. The van der Waals surface area contributed by atoms with Gasteiger partial charge in [-0.15, -0.1) is 0 Å². The summed E-state index contributed by atoms with van der Waals surface area (Å²) in [5, 5.41) is 2.91. The van der Waals surface area contributed by atoms with Gasteiger partial charge < -0.3 is 9.74 Å². The lowest BCUT2D eigenvalue weighted by atomic mass is 9.94. The van der Waals surface area contributed by atoms with Crippen LogP contribution in [0.5, 0.6) is 0 Å². The Morgan fingerprint density at radius 1 is 1.32 bits per heavy atom. The zero-order chi connectivity index (χ0) is 18.8. The lowest BCUT2D eigenvalue weighted by Crippen LogP contribution is -2.55. The van der Waals surface area contributed by atoms with Gasteiger partial charge >= 0.3 is 0 Å². The molecule has 0 spiro atoms. The highest BCUT2D eigenvalue weighted by Gasteiger charge is 2.42. The van der Waals surface area contributed by atoms with E-state index in [-0.39, 0.29) is 34.8 Å². The van der Waals surface area contributed by atoms with Crippen LogP contribution in [0.1, 0.15) is 50.4 Å². The van der Waals surface area contributed by atoms with Crippen molar-refractivity contribution in [1.29, 1.82) is 0 Å². The summed E-state index contributed by atoms with van der Waals surface area (Å²) >= 11 is 0. The highest BCUT2D eigenvalue weighted by Crippen LogP contribution is 2.38. The van der Waals surface area contributed by atoms with Gasteiger partial charge in [0.15, 0.2) is 14.1 Å². The van der Waals surface area contributed by atoms with Gasteiger partial charge in [0.1, 0.15) is 5.82 Å². The molecule has 1 N–H and O–H groups in total. The van der Waals surface area contributed by atoms with Crippen LogP contribution in [0, 0.1) is 5.82 Å². The molecule has 0 aromatic heterocycles. The summed E-state index contributed by atoms with van der Waals surface area (Å²) in [5.74, 6) is -0.924. The third-order valence-electron chi connectivity index (χ3n) is 5.28. The van der Waals surface area contributed by atoms with Crippen molar-refractivity contribution in [2.24, 2.45) is 0 Å². The predicted octanol–water partition coefficient (Wildman–Crippen LogP) is 4.07. The van der Waals surface area contributed by atoms with Crippen LogP contribution < -0.4 is 5.32 Å². The molecule has 1 aliphatic rings. The lowest BCUT2D eigenvalue weighted by Gasteiger charge is -2.43. The molecule has 1 heterocycles. The maximum atomic E-state index is 13.9. The number of carbonyl (C=O) groups excluding carboxylic acids is 2. The molecule has 1 aromatic rings. The van der Waals surface area contributed by atoms with Crippen molar-refractivity contribution < 1.29 is 18.4 Å². The highest BCUT2D eigenvalue weighted by molar-refractivity contribution is 6.74. The molecule has 0 radical (unpaired) electrons. The normalized spacial score (nSPS) is 21.8. The molecule has 25 heavy (non-hydrogen) atoms. The van der Waals surface area contributed by atoms with E-state index < -0.39 is 20.2 Å². The zero-order valence-corrected chi connectivity index (χ0v) is 16.7. The maximum absolute atomic E-state index is 13.9. The molecule has 1 amide bonds. The first-order valence-electron chi connectivity index (χ1n) is 8.76. The Balaban J connectivity index is 2.16. The summed E-state index contributed by atoms with van der Waals surface area (Å²) in [7, 11) is -2.03. The summed E-state index contributed by atoms with van der Waals surface area (Å²) in [4.78, 5) is 24.3. The molecular formula is C19H28FNO3Si. The Hall–Kier alpha value is -1.53. The Bertz CT molecular complexity index is 654. The number of Topliss-reactive ketones (excluding diaryl/α,β-unsaturated/α-hetero) is 1. The summed E-state index contributed by atoms with van der Waals surface area (Å²) < 4.78 is 20.3. The predicted molar refractivity (Wildman–Crippen MR) is 98.6 cm³/mol. The number of piperidine rings is 1. The third-order valence-corrected chi connectivity index (χ3v) is 9.79. The van der Waals surface area contributed by atoms with E-state index in [0.717, 1.165) is 0 Å². The quantitative estimate of drug-likeness (QED) is 0.632. The lowest BCUT2D eigenvalue weighted by molar-refractivity contribution is -0.125. The molecule has 0 bridgehead atoms. The highest BCUT2D eigenvalue weighted by atomic mass is 28.4. The topological polar surface area (TPSA) is 55.4 Å². The van der Waals surface area contributed by atoms with Gasteiger partial charge in [0.2, 0.25) is 5.91 Å². The van der Waals surface area contributed by atoms with Gasteiger partial charge in [-0.1, -0.05) is 32.9 Å². The van der Waals surface area contributed by atoms with Gasteiger partial charge in [0.25, 0.3) is 0 Å². The first-order chi connectivity index (χ1) is 11.5. The fraction of sp³-hybridized carbons (Fsp3) is 0.579. The van der Waals surface area contributed by atoms with Gasteiger partial charge in [0, 0.05) is 12.8 Å². The second kappa shape index (κ2) is 7.38. The van der Waals surface area contributed by atoms with Crippen molar-refractivity contribution in [1.82, 2.24) is 5.32 Å². The molecule has 2 rings (SSSR count). The summed E-state index contributed by atoms with van der Waals surface area (Å²) in [6.07, 6.45) is 0.817. The first-order valence-corrected chi connectivity index (χ1v) is 11.7. The van der Waals surface area contributed by atoms with E-state index in [0.29, 0.717) is 12.8 Å². The van der Waals surface area contributed by atoms with E-state index in [1.54, 1.807) is 12.1 Å². The van der Waals surface area contributed by atoms with Crippen molar-refractivity contribution in [2.45, 2.75) is 70.3 Å². The largest absolute Gasteiger partial charge is 0.412 e. The molecule has 1 aliphatic heterocycles. The van der Waals surface area contributed by atoms with Gasteiger partial charge in [0.05, 0.1) is 17.7 Å². The minimum Gasteiger partial charge on any atom is -0.412 e. The Labute approximate surface area is 150 Å². The minimum atomic E-state index is -2.03. The fourth-order valence-corrected chi connectivity index (χ4v) is 4.11. The van der Waals surface area contributed by atoms with Crippen LogP contribution in [0.2, 0.25) is 18.1 Å². The van der Waals surface area contributed by atoms with Crippen LogP contribution in [0.3, 0.4) is 0 Å². The number of carbonyl (C=O) groups is 2. The number of nitrogens with one attached hydrogen (secondary N) is 1. The maximum Gasteiger partial charge on any atom is 0.220 e. The van der Waals surface area contributed by atoms with Gasteiger partial charge in [-0.2, -0.15) is 0 Å². The standard InChI is InChI=1S/C19H28FNO3Si/c1-19(2,3)25(4,5)24-17-10-11-18(23)21-15(17)12-16(22)13-8-6-7-9-14(13)20/h6-9,15,17H,10-12H2,1-5H3,(H,21,23)/t15-,17+/m0/s1. The second-order valence-corrected chi connectivity index (χ2v) is 13.0. The van der Waals surface area contributed by atoms with E-state index >= 15 is 0 Å². The van der Waals surface area contributed by atoms with Gasteiger partial charge in [-0.05, 0) is 36.7 Å². The minimum absolute atomic E-state index is 0.0363. The molecule has 1 aromatic carbocycles. The summed E-state index contributed by atoms with van der Waals surface area (Å²) in [6.45, 7) is 10.8. The molecule has 6 heteroatoms. The Morgan fingerprint density at radius 2 is 1.96 bits per heavy atom. The summed E-state index contributed by atoms with van der Waals surface area (Å²) in [6, 6.07) is 5.53. The molecular weight excluding hydrogens is 337 g/mol. The molecule has 2 atom stereocenters. The molecule has 1 fully saturated rings. The number of hydrogen-bond acceptors (Lipinski definition) is 3. The average Bonchev–Trinajstić information content (AvgIpc) is 2.49. The fourth-order valence-electron chi connectivity index (χ4n) is 2.72. The first kappa shape index (κ1) is 19.8. The van der Waals surface area contributed by atoms with Gasteiger partial charge in [-0.25, -0.2) is 4.39 Å².